The van der Waals surface area contributed by atoms with Gasteiger partial charge in [0.2, 0.25) is 0 Å². The van der Waals surface area contributed by atoms with Crippen LogP contribution in [0.4, 0.5) is 0 Å². The van der Waals surface area contributed by atoms with Gasteiger partial charge in [-0.15, -0.1) is 0 Å². The number of rotatable bonds is 4. The molecule has 0 aliphatic rings. The first-order valence-corrected chi connectivity index (χ1v) is 6.74. The maximum absolute atomic E-state index is 12.0. The van der Waals surface area contributed by atoms with E-state index in [2.05, 4.69) is 15.9 Å². The number of hydrogen-bond acceptors (Lipinski definition) is 3. The van der Waals surface area contributed by atoms with Crippen LogP contribution in [0.5, 0.6) is 11.5 Å². The molecule has 20 heavy (non-hydrogen) atoms. The lowest BCUT2D eigenvalue weighted by Gasteiger charge is -2.03. The fourth-order valence-electron chi connectivity index (χ4n) is 1.68. The highest BCUT2D eigenvalue weighted by Crippen LogP contribution is 2.24. The number of allylic oxidation sites excluding steroid dienone is 1. The summed E-state index contributed by atoms with van der Waals surface area (Å²) in [6, 6.07) is 12.2. The number of halogens is 1. The first kappa shape index (κ1) is 14.3. The van der Waals surface area contributed by atoms with Crippen LogP contribution in [0, 0.1) is 0 Å². The Kier molecular flexibility index (Phi) is 4.58. The van der Waals surface area contributed by atoms with Gasteiger partial charge in [-0.3, -0.25) is 4.79 Å². The van der Waals surface area contributed by atoms with Gasteiger partial charge in [-0.05, 0) is 35.9 Å². The van der Waals surface area contributed by atoms with Crippen LogP contribution in [-0.4, -0.2) is 18.0 Å². The van der Waals surface area contributed by atoms with Crippen LogP contribution in [0.15, 0.2) is 53.0 Å². The van der Waals surface area contributed by atoms with Crippen LogP contribution in [0.3, 0.4) is 0 Å². The summed E-state index contributed by atoms with van der Waals surface area (Å²) in [5.41, 5.74) is 1.16. The van der Waals surface area contributed by atoms with Crippen molar-refractivity contribution >= 4 is 27.8 Å². The van der Waals surface area contributed by atoms with E-state index in [1.807, 2.05) is 24.3 Å². The van der Waals surface area contributed by atoms with Gasteiger partial charge < -0.3 is 9.84 Å². The minimum atomic E-state index is -0.256. The predicted octanol–water partition coefficient (Wildman–Crippen LogP) is 4.06. The zero-order valence-electron chi connectivity index (χ0n) is 10.8. The Hall–Kier alpha value is -2.07. The summed E-state index contributed by atoms with van der Waals surface area (Å²) < 4.78 is 5.96. The van der Waals surface area contributed by atoms with E-state index in [9.17, 15) is 9.90 Å². The van der Waals surface area contributed by atoms with E-state index in [-0.39, 0.29) is 17.1 Å². The first-order valence-electron chi connectivity index (χ1n) is 5.95. The molecule has 0 amide bonds. The highest BCUT2D eigenvalue weighted by Gasteiger charge is 2.09. The van der Waals surface area contributed by atoms with E-state index in [0.717, 1.165) is 10.0 Å². The summed E-state index contributed by atoms with van der Waals surface area (Å²) >= 11 is 3.35. The molecule has 0 aromatic heterocycles. The molecule has 4 heteroatoms. The summed E-state index contributed by atoms with van der Waals surface area (Å²) in [5.74, 6) is 0.166. The molecule has 2 aromatic carbocycles. The number of aromatic hydroxyl groups is 1. The third-order valence-electron chi connectivity index (χ3n) is 2.77. The molecule has 2 rings (SSSR count). The number of methoxy groups -OCH3 is 1. The van der Waals surface area contributed by atoms with Crippen LogP contribution in [0.1, 0.15) is 15.9 Å². The van der Waals surface area contributed by atoms with Crippen molar-refractivity contribution in [1.29, 1.82) is 0 Å². The van der Waals surface area contributed by atoms with Gasteiger partial charge in [0, 0.05) is 10.5 Å². The van der Waals surface area contributed by atoms with Crippen molar-refractivity contribution in [2.24, 2.45) is 0 Å². The zero-order chi connectivity index (χ0) is 14.5. The zero-order valence-corrected chi connectivity index (χ0v) is 12.4. The van der Waals surface area contributed by atoms with E-state index in [1.165, 1.54) is 19.3 Å². The molecule has 3 nitrogen and oxygen atoms in total. The molecule has 0 bridgehead atoms. The predicted molar refractivity (Wildman–Crippen MR) is 82.2 cm³/mol. The molecule has 0 heterocycles. The fourth-order valence-corrected chi connectivity index (χ4v) is 1.95. The summed E-state index contributed by atoms with van der Waals surface area (Å²) in [6.45, 7) is 0. The van der Waals surface area contributed by atoms with Crippen molar-refractivity contribution < 1.29 is 14.6 Å². The van der Waals surface area contributed by atoms with Gasteiger partial charge in [-0.2, -0.15) is 0 Å². The minimum absolute atomic E-state index is 0.0881. The maximum Gasteiger partial charge on any atom is 0.189 e. The van der Waals surface area contributed by atoms with Crippen molar-refractivity contribution in [1.82, 2.24) is 0 Å². The fraction of sp³-hybridized carbons (Fsp3) is 0.0625. The lowest BCUT2D eigenvalue weighted by molar-refractivity contribution is 0.104. The Morgan fingerprint density at radius 1 is 1.20 bits per heavy atom. The van der Waals surface area contributed by atoms with Gasteiger partial charge in [-0.1, -0.05) is 34.1 Å². The SMILES string of the molecule is COc1ccc(C(=O)/C=C/c2ccc(Br)cc2)c(O)c1. The van der Waals surface area contributed by atoms with Gasteiger partial charge in [0.1, 0.15) is 11.5 Å². The average Bonchev–Trinajstić information content (AvgIpc) is 2.46. The number of carbonyl (C=O) groups is 1. The van der Waals surface area contributed by atoms with Gasteiger partial charge in [0.05, 0.1) is 12.7 Å². The number of hydrogen-bond donors (Lipinski definition) is 1. The Morgan fingerprint density at radius 3 is 2.50 bits per heavy atom. The number of benzene rings is 2. The highest BCUT2D eigenvalue weighted by molar-refractivity contribution is 9.10. The lowest BCUT2D eigenvalue weighted by atomic mass is 10.1. The third-order valence-corrected chi connectivity index (χ3v) is 3.30. The molecule has 0 radical (unpaired) electrons. The second-order valence-electron chi connectivity index (χ2n) is 4.13. The molecular formula is C16H13BrO3. The van der Waals surface area contributed by atoms with Crippen molar-refractivity contribution in [2.45, 2.75) is 0 Å². The van der Waals surface area contributed by atoms with E-state index in [1.54, 1.807) is 18.2 Å². The Labute approximate surface area is 125 Å². The van der Waals surface area contributed by atoms with Crippen molar-refractivity contribution in [2.75, 3.05) is 7.11 Å². The molecule has 0 unspecified atom stereocenters. The van der Waals surface area contributed by atoms with E-state index < -0.39 is 0 Å². The highest BCUT2D eigenvalue weighted by atomic mass is 79.9. The van der Waals surface area contributed by atoms with Crippen LogP contribution >= 0.6 is 15.9 Å². The van der Waals surface area contributed by atoms with Crippen molar-refractivity contribution in [3.8, 4) is 11.5 Å². The smallest absolute Gasteiger partial charge is 0.189 e. The third kappa shape index (κ3) is 3.48. The molecule has 0 aliphatic carbocycles. The Balaban J connectivity index is 2.17. The largest absolute Gasteiger partial charge is 0.507 e. The topological polar surface area (TPSA) is 46.5 Å². The van der Waals surface area contributed by atoms with Crippen LogP contribution in [-0.2, 0) is 0 Å². The molecule has 0 spiro atoms. The van der Waals surface area contributed by atoms with E-state index in [0.29, 0.717) is 5.75 Å². The summed E-state index contributed by atoms with van der Waals surface area (Å²) in [5, 5.41) is 9.79. The molecule has 1 N–H and O–H groups in total. The lowest BCUT2D eigenvalue weighted by Crippen LogP contribution is -1.95. The van der Waals surface area contributed by atoms with Gasteiger partial charge in [-0.25, -0.2) is 0 Å². The van der Waals surface area contributed by atoms with Crippen LogP contribution < -0.4 is 4.74 Å². The van der Waals surface area contributed by atoms with Crippen molar-refractivity contribution in [3.05, 3.63) is 64.1 Å². The number of ketones is 1. The quantitative estimate of drug-likeness (QED) is 0.678. The van der Waals surface area contributed by atoms with E-state index in [4.69, 9.17) is 4.74 Å². The molecular weight excluding hydrogens is 320 g/mol. The number of ether oxygens (including phenoxy) is 1. The molecule has 2 aromatic rings. The van der Waals surface area contributed by atoms with Gasteiger partial charge >= 0.3 is 0 Å². The first-order chi connectivity index (χ1) is 9.60. The summed E-state index contributed by atoms with van der Waals surface area (Å²) in [6.07, 6.45) is 3.14. The summed E-state index contributed by atoms with van der Waals surface area (Å²) in [7, 11) is 1.50. The second kappa shape index (κ2) is 6.39. The normalized spacial score (nSPS) is 10.7. The number of phenols is 1. The molecule has 0 fully saturated rings. The standard InChI is InChI=1S/C16H13BrO3/c1-20-13-7-8-14(16(19)10-13)15(18)9-4-11-2-5-12(17)6-3-11/h2-10,19H,1H3/b9-4+. The second-order valence-corrected chi connectivity index (χ2v) is 5.05. The Bertz CT molecular complexity index is 645. The average molecular weight is 333 g/mol. The number of carbonyl (C=O) groups excluding carboxylic acids is 1. The van der Waals surface area contributed by atoms with Gasteiger partial charge in [0.15, 0.2) is 5.78 Å². The molecule has 0 aliphatic heterocycles. The maximum atomic E-state index is 12.0. The minimum Gasteiger partial charge on any atom is -0.507 e. The summed E-state index contributed by atoms with van der Waals surface area (Å²) in [4.78, 5) is 12.0. The molecule has 0 saturated heterocycles. The molecule has 0 saturated carbocycles. The van der Waals surface area contributed by atoms with Crippen LogP contribution in [0.2, 0.25) is 0 Å². The van der Waals surface area contributed by atoms with Crippen LogP contribution in [0.25, 0.3) is 6.08 Å². The van der Waals surface area contributed by atoms with Crippen molar-refractivity contribution in [3.63, 3.8) is 0 Å². The number of phenolic OH excluding ortho intramolecular Hbond substituents is 1. The molecule has 0 atom stereocenters. The van der Waals surface area contributed by atoms with Gasteiger partial charge in [0.25, 0.3) is 0 Å². The monoisotopic (exact) mass is 332 g/mol. The Morgan fingerprint density at radius 2 is 1.90 bits per heavy atom. The van der Waals surface area contributed by atoms with E-state index >= 15 is 0 Å². The molecule has 102 valence electrons.